The van der Waals surface area contributed by atoms with Gasteiger partial charge in [0.1, 0.15) is 0 Å². The maximum Gasteiger partial charge on any atom is 0.00545 e. The van der Waals surface area contributed by atoms with Crippen LogP contribution in [0.3, 0.4) is 0 Å². The van der Waals surface area contributed by atoms with E-state index in [4.69, 9.17) is 12.6 Å². The minimum atomic E-state index is 0.504. The molecule has 0 aliphatic heterocycles. The number of fused-ring (bicyclic) bond motifs is 5. The van der Waals surface area contributed by atoms with Gasteiger partial charge in [-0.05, 0) is 97.7 Å². The Bertz CT molecular complexity index is 591. The molecule has 28 heavy (non-hydrogen) atoms. The first-order valence-electron chi connectivity index (χ1n) is 12.6. The molecule has 0 saturated heterocycles. The van der Waals surface area contributed by atoms with Crippen LogP contribution in [-0.4, -0.2) is 5.25 Å². The second kappa shape index (κ2) is 7.97. The minimum Gasteiger partial charge on any atom is -0.176 e. The molecular formula is C27H46S. The molecule has 4 rings (SSSR count). The molecular weight excluding hydrogens is 356 g/mol. The van der Waals surface area contributed by atoms with Crippen molar-refractivity contribution in [2.75, 3.05) is 0 Å². The number of thiol groups is 1. The lowest BCUT2D eigenvalue weighted by atomic mass is 9.47. The van der Waals surface area contributed by atoms with E-state index in [0.717, 1.165) is 35.5 Å². The van der Waals surface area contributed by atoms with Crippen LogP contribution in [-0.2, 0) is 0 Å². The van der Waals surface area contributed by atoms with E-state index in [9.17, 15) is 0 Å². The Morgan fingerprint density at radius 3 is 2.54 bits per heavy atom. The average Bonchev–Trinajstić information content (AvgIpc) is 2.99. The molecule has 0 spiro atoms. The molecule has 4 aliphatic carbocycles. The first kappa shape index (κ1) is 21.3. The Balaban J connectivity index is 1.49. The smallest absolute Gasteiger partial charge is 0.00545 e. The molecule has 0 radical (unpaired) electrons. The van der Waals surface area contributed by atoms with E-state index in [0.29, 0.717) is 16.1 Å². The molecule has 8 atom stereocenters. The molecule has 4 aliphatic rings. The summed E-state index contributed by atoms with van der Waals surface area (Å²) < 4.78 is 0. The van der Waals surface area contributed by atoms with Crippen LogP contribution in [0.25, 0.3) is 0 Å². The van der Waals surface area contributed by atoms with Crippen LogP contribution in [0.15, 0.2) is 11.6 Å². The van der Waals surface area contributed by atoms with Gasteiger partial charge in [-0.25, -0.2) is 0 Å². The largest absolute Gasteiger partial charge is 0.176 e. The van der Waals surface area contributed by atoms with E-state index in [-0.39, 0.29) is 0 Å². The standard InChI is InChI=1S/C27H46S/c1-18(2)7-6-8-19(3)23-11-12-24-22-10-9-20-17-21(28)13-15-26(20,4)25(22)14-16-27(23,24)5/h9,18-19,21-25,28H,6-8,10-17H2,1-5H3/t19-,21+,22+,23?,24+,25+,26+,27-/m1/s1. The van der Waals surface area contributed by atoms with Crippen LogP contribution in [0.2, 0.25) is 0 Å². The zero-order valence-electron chi connectivity index (χ0n) is 19.3. The molecule has 1 heteroatoms. The van der Waals surface area contributed by atoms with Gasteiger partial charge in [0.05, 0.1) is 0 Å². The maximum absolute atomic E-state index is 4.84. The lowest BCUT2D eigenvalue weighted by Gasteiger charge is -2.58. The second-order valence-electron chi connectivity index (χ2n) is 12.2. The van der Waals surface area contributed by atoms with Gasteiger partial charge >= 0.3 is 0 Å². The van der Waals surface area contributed by atoms with Crippen molar-refractivity contribution in [2.24, 2.45) is 46.3 Å². The third kappa shape index (κ3) is 3.54. The van der Waals surface area contributed by atoms with Crippen LogP contribution < -0.4 is 0 Å². The van der Waals surface area contributed by atoms with Crippen molar-refractivity contribution in [1.82, 2.24) is 0 Å². The van der Waals surface area contributed by atoms with Crippen molar-refractivity contribution in [3.05, 3.63) is 11.6 Å². The molecule has 0 aromatic carbocycles. The first-order chi connectivity index (χ1) is 13.3. The number of allylic oxidation sites excluding steroid dienone is 2. The summed E-state index contributed by atoms with van der Waals surface area (Å²) in [5, 5.41) is 0.618. The molecule has 0 aromatic rings. The van der Waals surface area contributed by atoms with Gasteiger partial charge in [0.2, 0.25) is 0 Å². The summed E-state index contributed by atoms with van der Waals surface area (Å²) in [4.78, 5) is 0. The third-order valence-corrected chi connectivity index (χ3v) is 10.7. The highest BCUT2D eigenvalue weighted by molar-refractivity contribution is 7.80. The third-order valence-electron chi connectivity index (χ3n) is 10.3. The van der Waals surface area contributed by atoms with Gasteiger partial charge in [0.25, 0.3) is 0 Å². The van der Waals surface area contributed by atoms with Crippen LogP contribution >= 0.6 is 12.6 Å². The Kier molecular flexibility index (Phi) is 6.07. The van der Waals surface area contributed by atoms with Gasteiger partial charge in [-0.2, -0.15) is 12.6 Å². The van der Waals surface area contributed by atoms with Crippen LogP contribution in [0, 0.1) is 46.3 Å². The maximum atomic E-state index is 4.84. The van der Waals surface area contributed by atoms with E-state index in [1.807, 2.05) is 0 Å². The summed E-state index contributed by atoms with van der Waals surface area (Å²) in [5.41, 5.74) is 2.92. The summed E-state index contributed by atoms with van der Waals surface area (Å²) in [6, 6.07) is 0. The minimum absolute atomic E-state index is 0.504. The van der Waals surface area contributed by atoms with Gasteiger partial charge in [-0.15, -0.1) is 0 Å². The van der Waals surface area contributed by atoms with Crippen molar-refractivity contribution in [3.63, 3.8) is 0 Å². The number of rotatable bonds is 5. The molecule has 3 saturated carbocycles. The molecule has 160 valence electrons. The zero-order chi connectivity index (χ0) is 20.1. The van der Waals surface area contributed by atoms with Crippen LogP contribution in [0.1, 0.15) is 105 Å². The van der Waals surface area contributed by atoms with Gasteiger partial charge in [0.15, 0.2) is 0 Å². The van der Waals surface area contributed by atoms with Crippen molar-refractivity contribution in [1.29, 1.82) is 0 Å². The number of hydrogen-bond acceptors (Lipinski definition) is 1. The lowest BCUT2D eigenvalue weighted by molar-refractivity contribution is -0.0497. The molecule has 0 amide bonds. The lowest BCUT2D eigenvalue weighted by Crippen LogP contribution is -2.50. The normalized spacial score (nSPS) is 46.5. The van der Waals surface area contributed by atoms with E-state index < -0.39 is 0 Å². The van der Waals surface area contributed by atoms with E-state index in [2.05, 4.69) is 40.7 Å². The van der Waals surface area contributed by atoms with E-state index in [1.165, 1.54) is 70.6 Å². The van der Waals surface area contributed by atoms with Crippen molar-refractivity contribution < 1.29 is 0 Å². The molecule has 0 nitrogen and oxygen atoms in total. The summed E-state index contributed by atoms with van der Waals surface area (Å²) in [7, 11) is 0. The molecule has 0 N–H and O–H groups in total. The number of hydrogen-bond donors (Lipinski definition) is 1. The van der Waals surface area contributed by atoms with Gasteiger partial charge in [-0.1, -0.05) is 65.5 Å². The Labute approximate surface area is 181 Å². The Morgan fingerprint density at radius 1 is 1.00 bits per heavy atom. The highest BCUT2D eigenvalue weighted by Gasteiger charge is 2.58. The Hall–Kier alpha value is 0.0900. The SMILES string of the molecule is CC(C)CCC[C@@H](C)C1CC[C@H]2[C@@H]3CC=C4C[C@@H](S)CC[C@]4(C)[C@H]3CC[C@]12C. The quantitative estimate of drug-likeness (QED) is 0.347. The summed E-state index contributed by atoms with van der Waals surface area (Å²) in [5.74, 6) is 5.70. The fourth-order valence-corrected chi connectivity index (χ4v) is 8.99. The van der Waals surface area contributed by atoms with E-state index in [1.54, 1.807) is 5.57 Å². The zero-order valence-corrected chi connectivity index (χ0v) is 20.2. The van der Waals surface area contributed by atoms with E-state index >= 15 is 0 Å². The molecule has 0 heterocycles. The monoisotopic (exact) mass is 402 g/mol. The summed E-state index contributed by atoms with van der Waals surface area (Å²) in [6.45, 7) is 12.7. The first-order valence-corrected chi connectivity index (χ1v) is 13.1. The predicted octanol–water partition coefficient (Wildman–Crippen LogP) is 8.33. The predicted molar refractivity (Wildman–Crippen MR) is 126 cm³/mol. The fraction of sp³-hybridized carbons (Fsp3) is 0.926. The summed E-state index contributed by atoms with van der Waals surface area (Å²) >= 11 is 4.84. The Morgan fingerprint density at radius 2 is 1.79 bits per heavy atom. The fourth-order valence-electron chi connectivity index (χ4n) is 8.67. The van der Waals surface area contributed by atoms with Crippen molar-refractivity contribution in [3.8, 4) is 0 Å². The van der Waals surface area contributed by atoms with Crippen molar-refractivity contribution >= 4 is 12.6 Å². The van der Waals surface area contributed by atoms with Gasteiger partial charge < -0.3 is 0 Å². The molecule has 3 fully saturated rings. The topological polar surface area (TPSA) is 0 Å². The molecule has 0 aromatic heterocycles. The molecule has 0 bridgehead atoms. The van der Waals surface area contributed by atoms with Crippen LogP contribution in [0.5, 0.6) is 0 Å². The van der Waals surface area contributed by atoms with Gasteiger partial charge in [-0.3, -0.25) is 0 Å². The molecule has 1 unspecified atom stereocenters. The summed E-state index contributed by atoms with van der Waals surface area (Å²) in [6.07, 6.45) is 18.4. The van der Waals surface area contributed by atoms with Crippen LogP contribution in [0.4, 0.5) is 0 Å². The highest BCUT2D eigenvalue weighted by atomic mass is 32.1. The van der Waals surface area contributed by atoms with Gasteiger partial charge in [0, 0.05) is 5.25 Å². The van der Waals surface area contributed by atoms with Crippen molar-refractivity contribution in [2.45, 2.75) is 110 Å². The average molecular weight is 403 g/mol. The second-order valence-corrected chi connectivity index (χ2v) is 12.9. The highest BCUT2D eigenvalue weighted by Crippen LogP contribution is 2.67.